The van der Waals surface area contributed by atoms with Gasteiger partial charge in [-0.3, -0.25) is 4.79 Å². The van der Waals surface area contributed by atoms with E-state index in [9.17, 15) is 13.2 Å². The average Bonchev–Trinajstić information content (AvgIpc) is 3.15. The monoisotopic (exact) mass is 441 g/mol. The standard InChI is InChI=1S/C18H24ClN5O4S/c1-22(2)29(26,27)24-10-6-7-13(11-24)18(25)23(3)12-16-20-17(21-28-16)14-8-4-5-9-15(14)19/h4-5,8-9,13H,6-7,10-12H2,1-3H3/t13-/m0/s1. The molecule has 158 valence electrons. The van der Waals surface area contributed by atoms with Gasteiger partial charge in [0.15, 0.2) is 0 Å². The number of halogens is 1. The van der Waals surface area contributed by atoms with Crippen LogP contribution >= 0.6 is 11.6 Å². The summed E-state index contributed by atoms with van der Waals surface area (Å²) in [5.41, 5.74) is 0.648. The number of benzene rings is 1. The molecule has 0 radical (unpaired) electrons. The third kappa shape index (κ3) is 4.77. The predicted molar refractivity (Wildman–Crippen MR) is 108 cm³/mol. The van der Waals surface area contributed by atoms with Crippen molar-refractivity contribution in [1.82, 2.24) is 23.7 Å². The summed E-state index contributed by atoms with van der Waals surface area (Å²) >= 11 is 6.16. The topological polar surface area (TPSA) is 99.9 Å². The van der Waals surface area contributed by atoms with Crippen molar-refractivity contribution < 1.29 is 17.7 Å². The van der Waals surface area contributed by atoms with Crippen LogP contribution in [0.5, 0.6) is 0 Å². The summed E-state index contributed by atoms with van der Waals surface area (Å²) in [6.07, 6.45) is 1.27. The van der Waals surface area contributed by atoms with Crippen LogP contribution in [-0.4, -0.2) is 72.2 Å². The molecule has 0 unspecified atom stereocenters. The molecule has 0 bridgehead atoms. The molecule has 1 amide bonds. The number of amides is 1. The second-order valence-electron chi connectivity index (χ2n) is 7.17. The van der Waals surface area contributed by atoms with Crippen molar-refractivity contribution in [3.63, 3.8) is 0 Å². The van der Waals surface area contributed by atoms with Gasteiger partial charge in [-0.1, -0.05) is 28.9 Å². The fourth-order valence-corrected chi connectivity index (χ4v) is 4.66. The van der Waals surface area contributed by atoms with E-state index in [2.05, 4.69) is 10.1 Å². The van der Waals surface area contributed by atoms with E-state index in [-0.39, 0.29) is 24.9 Å². The quantitative estimate of drug-likeness (QED) is 0.678. The highest BCUT2D eigenvalue weighted by Gasteiger charge is 2.34. The lowest BCUT2D eigenvalue weighted by Gasteiger charge is -2.34. The summed E-state index contributed by atoms with van der Waals surface area (Å²) in [5.74, 6) is 0.0762. The number of nitrogens with zero attached hydrogens (tertiary/aromatic N) is 5. The third-order valence-electron chi connectivity index (χ3n) is 4.85. The van der Waals surface area contributed by atoms with E-state index < -0.39 is 16.1 Å². The van der Waals surface area contributed by atoms with Gasteiger partial charge in [-0.25, -0.2) is 0 Å². The van der Waals surface area contributed by atoms with Crippen LogP contribution in [0, 0.1) is 5.92 Å². The minimum atomic E-state index is -3.54. The van der Waals surface area contributed by atoms with Crippen LogP contribution < -0.4 is 0 Å². The second kappa shape index (κ2) is 8.78. The van der Waals surface area contributed by atoms with E-state index in [4.69, 9.17) is 16.1 Å². The molecule has 9 nitrogen and oxygen atoms in total. The second-order valence-corrected chi connectivity index (χ2v) is 9.72. The molecule has 1 aliphatic rings. The van der Waals surface area contributed by atoms with Crippen LogP contribution in [0.2, 0.25) is 5.02 Å². The number of hydrogen-bond acceptors (Lipinski definition) is 6. The molecule has 1 aliphatic heterocycles. The number of hydrogen-bond donors (Lipinski definition) is 0. The van der Waals surface area contributed by atoms with E-state index in [1.54, 1.807) is 19.2 Å². The van der Waals surface area contributed by atoms with Gasteiger partial charge in [-0.05, 0) is 25.0 Å². The Kier molecular flexibility index (Phi) is 6.57. The summed E-state index contributed by atoms with van der Waals surface area (Å²) in [5, 5.41) is 4.44. The fourth-order valence-electron chi connectivity index (χ4n) is 3.25. The summed E-state index contributed by atoms with van der Waals surface area (Å²) in [6, 6.07) is 7.15. The highest BCUT2D eigenvalue weighted by molar-refractivity contribution is 7.86. The Morgan fingerprint density at radius 3 is 2.72 bits per heavy atom. The van der Waals surface area contributed by atoms with Crippen molar-refractivity contribution >= 4 is 27.7 Å². The molecule has 1 atom stereocenters. The van der Waals surface area contributed by atoms with Crippen molar-refractivity contribution in [3.05, 3.63) is 35.2 Å². The predicted octanol–water partition coefficient (Wildman–Crippen LogP) is 1.87. The first-order chi connectivity index (χ1) is 13.7. The van der Waals surface area contributed by atoms with Crippen LogP contribution in [0.4, 0.5) is 0 Å². The maximum absolute atomic E-state index is 12.9. The Morgan fingerprint density at radius 2 is 2.03 bits per heavy atom. The molecule has 1 aromatic heterocycles. The zero-order chi connectivity index (χ0) is 21.2. The Morgan fingerprint density at radius 1 is 1.31 bits per heavy atom. The molecule has 2 aromatic rings. The summed E-state index contributed by atoms with van der Waals surface area (Å²) in [6.45, 7) is 0.713. The van der Waals surface area contributed by atoms with E-state index >= 15 is 0 Å². The van der Waals surface area contributed by atoms with Crippen molar-refractivity contribution in [2.24, 2.45) is 5.92 Å². The Labute approximate surface area is 175 Å². The van der Waals surface area contributed by atoms with Crippen molar-refractivity contribution in [3.8, 4) is 11.4 Å². The van der Waals surface area contributed by atoms with E-state index in [1.165, 1.54) is 23.3 Å². The van der Waals surface area contributed by atoms with Gasteiger partial charge in [0.25, 0.3) is 10.2 Å². The number of rotatable bonds is 6. The molecule has 29 heavy (non-hydrogen) atoms. The molecular weight excluding hydrogens is 418 g/mol. The van der Waals surface area contributed by atoms with Crippen LogP contribution in [0.25, 0.3) is 11.4 Å². The number of carbonyl (C=O) groups is 1. The summed E-state index contributed by atoms with van der Waals surface area (Å²) < 4.78 is 32.5. The van der Waals surface area contributed by atoms with Gasteiger partial charge in [0, 0.05) is 39.8 Å². The normalized spacial score (nSPS) is 18.2. The molecule has 2 heterocycles. The summed E-state index contributed by atoms with van der Waals surface area (Å²) in [4.78, 5) is 18.7. The van der Waals surface area contributed by atoms with E-state index in [0.717, 1.165) is 4.31 Å². The minimum Gasteiger partial charge on any atom is -0.337 e. The molecule has 1 fully saturated rings. The molecule has 0 saturated carbocycles. The Hall–Kier alpha value is -2.01. The van der Waals surface area contributed by atoms with E-state index in [0.29, 0.717) is 35.8 Å². The van der Waals surface area contributed by atoms with Gasteiger partial charge in [-0.15, -0.1) is 0 Å². The van der Waals surface area contributed by atoms with Crippen LogP contribution in [0.15, 0.2) is 28.8 Å². The lowest BCUT2D eigenvalue weighted by molar-refractivity contribution is -0.136. The first kappa shape index (κ1) is 21.7. The number of carbonyl (C=O) groups excluding carboxylic acids is 1. The molecule has 3 rings (SSSR count). The van der Waals surface area contributed by atoms with Crippen LogP contribution in [0.1, 0.15) is 18.7 Å². The van der Waals surface area contributed by atoms with Gasteiger partial charge >= 0.3 is 0 Å². The Balaban J connectivity index is 1.66. The van der Waals surface area contributed by atoms with Gasteiger partial charge in [0.05, 0.1) is 17.5 Å². The maximum Gasteiger partial charge on any atom is 0.281 e. The van der Waals surface area contributed by atoms with Gasteiger partial charge in [0.2, 0.25) is 17.6 Å². The van der Waals surface area contributed by atoms with Crippen molar-refractivity contribution in [1.29, 1.82) is 0 Å². The largest absolute Gasteiger partial charge is 0.337 e. The lowest BCUT2D eigenvalue weighted by atomic mass is 9.98. The molecule has 0 spiro atoms. The molecule has 1 aromatic carbocycles. The third-order valence-corrected chi connectivity index (χ3v) is 7.09. The van der Waals surface area contributed by atoms with Crippen molar-refractivity contribution in [2.75, 3.05) is 34.2 Å². The summed E-state index contributed by atoms with van der Waals surface area (Å²) in [7, 11) is 1.07. The molecule has 1 saturated heterocycles. The molecule has 0 aliphatic carbocycles. The maximum atomic E-state index is 12.9. The number of piperidine rings is 1. The minimum absolute atomic E-state index is 0.132. The van der Waals surface area contributed by atoms with Gasteiger partial charge in [0.1, 0.15) is 0 Å². The van der Waals surface area contributed by atoms with Gasteiger partial charge < -0.3 is 9.42 Å². The van der Waals surface area contributed by atoms with Crippen LogP contribution in [-0.2, 0) is 21.5 Å². The van der Waals surface area contributed by atoms with E-state index in [1.807, 2.05) is 12.1 Å². The highest BCUT2D eigenvalue weighted by Crippen LogP contribution is 2.26. The van der Waals surface area contributed by atoms with Gasteiger partial charge in [-0.2, -0.15) is 22.0 Å². The zero-order valence-electron chi connectivity index (χ0n) is 16.6. The average molecular weight is 442 g/mol. The molecule has 0 N–H and O–H groups in total. The lowest BCUT2D eigenvalue weighted by Crippen LogP contribution is -2.49. The molecule has 11 heteroatoms. The Bertz CT molecular complexity index is 978. The fraction of sp³-hybridized carbons (Fsp3) is 0.500. The SMILES string of the molecule is CN(Cc1nc(-c2ccccc2Cl)no1)C(=O)[C@H]1CCCN(S(=O)(=O)N(C)C)C1. The first-order valence-electron chi connectivity index (χ1n) is 9.20. The smallest absolute Gasteiger partial charge is 0.281 e. The van der Waals surface area contributed by atoms with Crippen LogP contribution in [0.3, 0.4) is 0 Å². The molecular formula is C18H24ClN5O4S. The first-order valence-corrected chi connectivity index (χ1v) is 11.0. The highest BCUT2D eigenvalue weighted by atomic mass is 35.5. The number of aromatic nitrogens is 2. The zero-order valence-corrected chi connectivity index (χ0v) is 18.1. The van der Waals surface area contributed by atoms with Crippen molar-refractivity contribution in [2.45, 2.75) is 19.4 Å².